The highest BCUT2D eigenvalue weighted by atomic mass is 32.2. The fraction of sp³-hybridized carbons (Fsp3) is 0.889. The van der Waals surface area contributed by atoms with Crippen LogP contribution in [0.25, 0.3) is 0 Å². The quantitative estimate of drug-likeness (QED) is 0.594. The second-order valence-corrected chi connectivity index (χ2v) is 5.57. The van der Waals surface area contributed by atoms with Gasteiger partial charge in [-0.15, -0.1) is 0 Å². The minimum absolute atomic E-state index is 0.297. The Morgan fingerprint density at radius 3 is 2.15 bits per heavy atom. The largest absolute Gasteiger partial charge is 0.229 e. The summed E-state index contributed by atoms with van der Waals surface area (Å²) in [6, 6.07) is 2.09. The Balaban J connectivity index is 3.14. The number of nitrogens with zero attached hydrogens (tertiary/aromatic N) is 1. The van der Waals surface area contributed by atoms with Gasteiger partial charge in [-0.3, -0.25) is 0 Å². The lowest BCUT2D eigenvalue weighted by molar-refractivity contribution is 0.590. The summed E-state index contributed by atoms with van der Waals surface area (Å²) < 4.78 is 21.4. The Bertz CT molecular complexity index is 251. The number of hydrogen-bond acceptors (Lipinski definition) is 3. The fourth-order valence-corrected chi connectivity index (χ4v) is 1.83. The highest BCUT2D eigenvalue weighted by Gasteiger charge is 2.00. The molecule has 0 aromatic rings. The van der Waals surface area contributed by atoms with Gasteiger partial charge in [0, 0.05) is 18.4 Å². The molecule has 0 aliphatic rings. The minimum Gasteiger partial charge on any atom is -0.229 e. The van der Waals surface area contributed by atoms with Crippen molar-refractivity contribution in [3.05, 3.63) is 0 Å². The lowest BCUT2D eigenvalue weighted by atomic mass is 10.1. The molecule has 0 N–H and O–H groups in total. The van der Waals surface area contributed by atoms with Crippen LogP contribution in [0.1, 0.15) is 38.5 Å². The maximum Gasteiger partial charge on any atom is 0.147 e. The molecular formula is C9H17NO2S. The summed E-state index contributed by atoms with van der Waals surface area (Å²) in [5.41, 5.74) is 0. The first-order valence-corrected chi connectivity index (χ1v) is 6.67. The summed E-state index contributed by atoms with van der Waals surface area (Å²) in [4.78, 5) is 0. The molecule has 13 heavy (non-hydrogen) atoms. The van der Waals surface area contributed by atoms with Crippen LogP contribution in [0, 0.1) is 11.3 Å². The van der Waals surface area contributed by atoms with Crippen molar-refractivity contribution in [2.45, 2.75) is 38.5 Å². The zero-order chi connectivity index (χ0) is 10.2. The summed E-state index contributed by atoms with van der Waals surface area (Å²) in [5.74, 6) is 0.297. The highest BCUT2D eigenvalue weighted by molar-refractivity contribution is 7.90. The molecule has 76 valence electrons. The standard InChI is InChI=1S/C9H17NO2S/c1-13(11,12)9-7-5-3-2-4-6-8-10/h2-7,9H2,1H3. The Kier molecular flexibility index (Phi) is 6.61. The average Bonchev–Trinajstić information content (AvgIpc) is 2.01. The van der Waals surface area contributed by atoms with Crippen molar-refractivity contribution in [2.75, 3.05) is 12.0 Å². The van der Waals surface area contributed by atoms with E-state index in [9.17, 15) is 8.42 Å². The number of unbranched alkanes of at least 4 members (excludes halogenated alkanes) is 5. The molecule has 0 saturated heterocycles. The van der Waals surface area contributed by atoms with E-state index in [1.807, 2.05) is 0 Å². The van der Waals surface area contributed by atoms with Gasteiger partial charge in [0.05, 0.1) is 6.07 Å². The van der Waals surface area contributed by atoms with Gasteiger partial charge in [-0.1, -0.05) is 19.3 Å². The van der Waals surface area contributed by atoms with Crippen molar-refractivity contribution in [1.82, 2.24) is 0 Å². The van der Waals surface area contributed by atoms with Gasteiger partial charge in [-0.25, -0.2) is 8.42 Å². The molecule has 0 bridgehead atoms. The smallest absolute Gasteiger partial charge is 0.147 e. The maximum absolute atomic E-state index is 10.7. The summed E-state index contributed by atoms with van der Waals surface area (Å²) >= 11 is 0. The predicted octanol–water partition coefficient (Wildman–Crippen LogP) is 1.90. The molecule has 0 amide bonds. The molecule has 0 fully saturated rings. The van der Waals surface area contributed by atoms with Crippen LogP contribution in [0.5, 0.6) is 0 Å². The molecule has 0 aromatic carbocycles. The summed E-state index contributed by atoms with van der Waals surface area (Å²) in [7, 11) is -2.77. The van der Waals surface area contributed by atoms with Crippen molar-refractivity contribution in [1.29, 1.82) is 5.26 Å². The molecule has 0 aliphatic heterocycles. The Hall–Kier alpha value is -0.560. The van der Waals surface area contributed by atoms with Crippen LogP contribution in [-0.4, -0.2) is 20.4 Å². The third-order valence-corrected chi connectivity index (χ3v) is 2.83. The van der Waals surface area contributed by atoms with E-state index in [4.69, 9.17) is 5.26 Å². The fourth-order valence-electron chi connectivity index (χ4n) is 1.10. The Morgan fingerprint density at radius 1 is 1.08 bits per heavy atom. The second kappa shape index (κ2) is 6.90. The molecule has 0 aliphatic carbocycles. The molecule has 0 saturated carbocycles. The van der Waals surface area contributed by atoms with Crippen molar-refractivity contribution in [3.8, 4) is 6.07 Å². The summed E-state index contributed by atoms with van der Waals surface area (Å²) in [5, 5.41) is 8.25. The van der Waals surface area contributed by atoms with E-state index in [2.05, 4.69) is 6.07 Å². The number of rotatable bonds is 7. The third kappa shape index (κ3) is 11.4. The van der Waals surface area contributed by atoms with E-state index in [0.717, 1.165) is 32.1 Å². The zero-order valence-electron chi connectivity index (χ0n) is 8.12. The van der Waals surface area contributed by atoms with Crippen LogP contribution in [-0.2, 0) is 9.84 Å². The van der Waals surface area contributed by atoms with Gasteiger partial charge in [-0.2, -0.15) is 5.26 Å². The number of nitriles is 1. The topological polar surface area (TPSA) is 57.9 Å². The van der Waals surface area contributed by atoms with E-state index in [1.54, 1.807) is 0 Å². The number of hydrogen-bond donors (Lipinski definition) is 0. The number of sulfone groups is 1. The molecule has 0 spiro atoms. The van der Waals surface area contributed by atoms with Crippen molar-refractivity contribution >= 4 is 9.84 Å². The lowest BCUT2D eigenvalue weighted by Gasteiger charge is -1.98. The van der Waals surface area contributed by atoms with Gasteiger partial charge in [0.15, 0.2) is 0 Å². The predicted molar refractivity (Wildman–Crippen MR) is 53.0 cm³/mol. The Morgan fingerprint density at radius 2 is 1.62 bits per heavy atom. The first kappa shape index (κ1) is 12.4. The van der Waals surface area contributed by atoms with Gasteiger partial charge in [0.25, 0.3) is 0 Å². The van der Waals surface area contributed by atoms with Crippen LogP contribution < -0.4 is 0 Å². The van der Waals surface area contributed by atoms with E-state index < -0.39 is 9.84 Å². The van der Waals surface area contributed by atoms with Gasteiger partial charge in [0.1, 0.15) is 9.84 Å². The van der Waals surface area contributed by atoms with Crippen LogP contribution in [0.3, 0.4) is 0 Å². The second-order valence-electron chi connectivity index (χ2n) is 3.31. The van der Waals surface area contributed by atoms with Gasteiger partial charge in [0.2, 0.25) is 0 Å². The monoisotopic (exact) mass is 203 g/mol. The maximum atomic E-state index is 10.7. The van der Waals surface area contributed by atoms with Crippen molar-refractivity contribution in [3.63, 3.8) is 0 Å². The van der Waals surface area contributed by atoms with Gasteiger partial charge in [-0.05, 0) is 12.8 Å². The normalized spacial score (nSPS) is 11.1. The SMILES string of the molecule is CS(=O)(=O)CCCCCCCC#N. The molecule has 4 heteroatoms. The minimum atomic E-state index is -2.77. The molecular weight excluding hydrogens is 186 g/mol. The van der Waals surface area contributed by atoms with Crippen molar-refractivity contribution in [2.24, 2.45) is 0 Å². The first-order chi connectivity index (χ1) is 6.06. The van der Waals surface area contributed by atoms with E-state index in [0.29, 0.717) is 12.2 Å². The molecule has 0 atom stereocenters. The van der Waals surface area contributed by atoms with Crippen LogP contribution in [0.15, 0.2) is 0 Å². The summed E-state index contributed by atoms with van der Waals surface area (Å²) in [6.45, 7) is 0. The molecule has 0 rings (SSSR count). The van der Waals surface area contributed by atoms with Crippen molar-refractivity contribution < 1.29 is 8.42 Å². The first-order valence-electron chi connectivity index (χ1n) is 4.61. The molecule has 0 aromatic heterocycles. The lowest BCUT2D eigenvalue weighted by Crippen LogP contribution is -2.02. The zero-order valence-corrected chi connectivity index (χ0v) is 8.94. The van der Waals surface area contributed by atoms with Crippen LogP contribution >= 0.6 is 0 Å². The molecule has 0 radical (unpaired) electrons. The van der Waals surface area contributed by atoms with E-state index >= 15 is 0 Å². The van der Waals surface area contributed by atoms with Gasteiger partial charge < -0.3 is 0 Å². The Labute approximate surface area is 80.7 Å². The van der Waals surface area contributed by atoms with Crippen LogP contribution in [0.4, 0.5) is 0 Å². The van der Waals surface area contributed by atoms with E-state index in [-0.39, 0.29) is 0 Å². The molecule has 0 unspecified atom stereocenters. The van der Waals surface area contributed by atoms with Gasteiger partial charge >= 0.3 is 0 Å². The molecule has 3 nitrogen and oxygen atoms in total. The summed E-state index contributed by atoms with van der Waals surface area (Å²) in [6.07, 6.45) is 6.61. The molecule has 0 heterocycles. The van der Waals surface area contributed by atoms with Crippen LogP contribution in [0.2, 0.25) is 0 Å². The average molecular weight is 203 g/mol. The highest BCUT2D eigenvalue weighted by Crippen LogP contribution is 2.05. The third-order valence-electron chi connectivity index (χ3n) is 1.80. The van der Waals surface area contributed by atoms with E-state index in [1.165, 1.54) is 6.26 Å².